The van der Waals surface area contributed by atoms with Crippen molar-refractivity contribution in [1.82, 2.24) is 4.90 Å². The van der Waals surface area contributed by atoms with Gasteiger partial charge in [-0.2, -0.15) is 0 Å². The number of carbonyl (C=O) groups is 2. The van der Waals surface area contributed by atoms with E-state index in [9.17, 15) is 20.7 Å². The minimum Gasteiger partial charge on any atom is -0.459 e. The van der Waals surface area contributed by atoms with E-state index in [0.717, 1.165) is 24.0 Å². The monoisotopic (exact) mass is 672 g/mol. The topological polar surface area (TPSA) is 221 Å². The Morgan fingerprint density at radius 3 is 2.08 bits per heavy atom. The average molecular weight is 673 g/mol. The molecular formula is C33H40N10O6. The van der Waals surface area contributed by atoms with Crippen molar-refractivity contribution in [2.24, 2.45) is 27.2 Å². The molecule has 1 aliphatic heterocycles. The Bertz CT molecular complexity index is 1580. The third-order valence-corrected chi connectivity index (χ3v) is 9.36. The maximum absolute atomic E-state index is 13.9. The molecule has 0 N–H and O–H groups in total. The molecule has 2 aliphatic carbocycles. The van der Waals surface area contributed by atoms with E-state index >= 15 is 0 Å². The Kier molecular flexibility index (Phi) is 12.2. The summed E-state index contributed by atoms with van der Waals surface area (Å²) in [6.45, 7) is 3.40. The van der Waals surface area contributed by atoms with Crippen molar-refractivity contribution in [3.8, 4) is 0 Å². The van der Waals surface area contributed by atoms with Gasteiger partial charge in [-0.15, -0.1) is 0 Å². The number of hydrogen-bond donors (Lipinski definition) is 0. The molecule has 258 valence electrons. The number of nitrogens with zero attached hydrogens (tertiary/aromatic N) is 10. The highest BCUT2D eigenvalue weighted by Gasteiger charge is 2.50. The van der Waals surface area contributed by atoms with Crippen molar-refractivity contribution < 1.29 is 28.5 Å². The lowest BCUT2D eigenvalue weighted by molar-refractivity contribution is -0.259. The molecule has 0 radical (unpaired) electrons. The lowest BCUT2D eigenvalue weighted by atomic mass is 9.79. The van der Waals surface area contributed by atoms with E-state index in [1.165, 1.54) is 6.92 Å². The van der Waals surface area contributed by atoms with Gasteiger partial charge >= 0.3 is 12.1 Å². The van der Waals surface area contributed by atoms with Gasteiger partial charge in [0.05, 0.1) is 24.2 Å². The molecule has 0 aromatic heterocycles. The lowest BCUT2D eigenvalue weighted by Crippen LogP contribution is -2.58. The van der Waals surface area contributed by atoms with Crippen LogP contribution in [0.5, 0.6) is 0 Å². The van der Waals surface area contributed by atoms with Crippen LogP contribution in [0.15, 0.2) is 76.0 Å². The molecule has 3 aliphatic rings. The van der Waals surface area contributed by atoms with E-state index in [2.05, 4.69) is 30.1 Å². The highest BCUT2D eigenvalue weighted by molar-refractivity contribution is 5.68. The van der Waals surface area contributed by atoms with Crippen LogP contribution in [0.2, 0.25) is 0 Å². The third kappa shape index (κ3) is 9.14. The molecule has 2 aromatic rings. The molecule has 2 aromatic carbocycles. The molecule has 16 heteroatoms. The Balaban J connectivity index is 1.44. The smallest absolute Gasteiger partial charge is 0.410 e. The van der Waals surface area contributed by atoms with Crippen molar-refractivity contribution in [3.63, 3.8) is 0 Å². The number of hydrogen-bond acceptors (Lipinski definition) is 9. The first kappa shape index (κ1) is 35.3. The SMILES string of the molecule is CC(=O)O[C@@H]1[C@@H](C)[C@H](N=[N+]=[N-])C[C@H](N=[N+]=[N-])[C@H]1O[C@H]1O[C@H]([C@@H](C2CC2)N(Cc2ccccc2)C(=O)OCc2ccccc2)CCC1N=[N+]=[N-]. The van der Waals surface area contributed by atoms with E-state index in [1.54, 1.807) is 11.8 Å². The summed E-state index contributed by atoms with van der Waals surface area (Å²) in [6.07, 6.45) is -1.33. The lowest BCUT2D eigenvalue weighted by Gasteiger charge is -2.46. The van der Waals surface area contributed by atoms with Gasteiger partial charge in [-0.25, -0.2) is 4.79 Å². The van der Waals surface area contributed by atoms with Gasteiger partial charge in [0.15, 0.2) is 6.29 Å². The summed E-state index contributed by atoms with van der Waals surface area (Å²) < 4.78 is 24.7. The summed E-state index contributed by atoms with van der Waals surface area (Å²) >= 11 is 0. The fourth-order valence-corrected chi connectivity index (χ4v) is 6.85. The predicted octanol–water partition coefficient (Wildman–Crippen LogP) is 7.50. The number of amides is 1. The van der Waals surface area contributed by atoms with E-state index < -0.39 is 66.7 Å². The molecule has 9 atom stereocenters. The fraction of sp³-hybridized carbons (Fsp3) is 0.576. The first-order chi connectivity index (χ1) is 23.8. The molecule has 1 heterocycles. The van der Waals surface area contributed by atoms with Crippen LogP contribution in [0.3, 0.4) is 0 Å². The van der Waals surface area contributed by atoms with Crippen LogP contribution in [0.1, 0.15) is 57.1 Å². The van der Waals surface area contributed by atoms with E-state index in [4.69, 9.17) is 24.5 Å². The van der Waals surface area contributed by atoms with Crippen LogP contribution in [-0.4, -0.2) is 65.7 Å². The van der Waals surface area contributed by atoms with Gasteiger partial charge in [0, 0.05) is 40.2 Å². The van der Waals surface area contributed by atoms with E-state index in [0.29, 0.717) is 12.8 Å². The van der Waals surface area contributed by atoms with Crippen molar-refractivity contribution in [3.05, 3.63) is 103 Å². The largest absolute Gasteiger partial charge is 0.459 e. The molecule has 5 rings (SSSR count). The fourth-order valence-electron chi connectivity index (χ4n) is 6.85. The highest BCUT2D eigenvalue weighted by Crippen LogP contribution is 2.43. The van der Waals surface area contributed by atoms with Gasteiger partial charge in [-0.1, -0.05) is 82.9 Å². The molecule has 0 spiro atoms. The number of ether oxygens (including phenoxy) is 4. The predicted molar refractivity (Wildman–Crippen MR) is 176 cm³/mol. The summed E-state index contributed by atoms with van der Waals surface area (Å²) in [5, 5.41) is 11.7. The quantitative estimate of drug-likeness (QED) is 0.0906. The number of rotatable bonds is 13. The van der Waals surface area contributed by atoms with Crippen LogP contribution >= 0.6 is 0 Å². The summed E-state index contributed by atoms with van der Waals surface area (Å²) in [7, 11) is 0. The van der Waals surface area contributed by atoms with Crippen LogP contribution in [0.4, 0.5) is 4.79 Å². The van der Waals surface area contributed by atoms with Crippen LogP contribution < -0.4 is 0 Å². The maximum Gasteiger partial charge on any atom is 0.410 e. The number of carbonyl (C=O) groups excluding carboxylic acids is 2. The third-order valence-electron chi connectivity index (χ3n) is 9.36. The minimum atomic E-state index is -1.13. The van der Waals surface area contributed by atoms with Crippen molar-refractivity contribution >= 4 is 12.1 Å². The first-order valence-electron chi connectivity index (χ1n) is 16.4. The molecule has 2 saturated carbocycles. The van der Waals surface area contributed by atoms with Crippen LogP contribution in [-0.2, 0) is 36.9 Å². The van der Waals surface area contributed by atoms with Gasteiger partial charge in [-0.05, 0) is 65.7 Å². The second-order valence-corrected chi connectivity index (χ2v) is 12.7. The minimum absolute atomic E-state index is 0.105. The van der Waals surface area contributed by atoms with Crippen molar-refractivity contribution in [2.75, 3.05) is 0 Å². The highest BCUT2D eigenvalue weighted by atomic mass is 16.7. The van der Waals surface area contributed by atoms with E-state index in [-0.39, 0.29) is 25.5 Å². The second-order valence-electron chi connectivity index (χ2n) is 12.7. The zero-order valence-corrected chi connectivity index (χ0v) is 27.4. The standard InChI is InChI=1S/C33H40N10O6/c1-20-26(38-41-35)17-27(39-42-36)31(30(20)47-21(2)44)49-32-25(37-40-34)15-16-28(48-32)29(24-13-14-24)43(18-22-9-5-3-6-10-22)33(45)46-19-23-11-7-4-8-12-23/h3-12,20,24-32H,13-19H2,1-2H3/t20-,25?,26+,27-,28-,29+,30+,31+,32+/m0/s1. The number of esters is 1. The van der Waals surface area contributed by atoms with Gasteiger partial charge in [0.1, 0.15) is 18.8 Å². The summed E-state index contributed by atoms with van der Waals surface area (Å²) in [5.74, 6) is -0.953. The van der Waals surface area contributed by atoms with Crippen molar-refractivity contribution in [2.45, 2.75) is 108 Å². The average Bonchev–Trinajstić information content (AvgIpc) is 3.94. The summed E-state index contributed by atoms with van der Waals surface area (Å²) in [5.41, 5.74) is 29.8. The van der Waals surface area contributed by atoms with Gasteiger partial charge in [0.25, 0.3) is 0 Å². The molecule has 1 saturated heterocycles. The van der Waals surface area contributed by atoms with Gasteiger partial charge < -0.3 is 18.9 Å². The molecule has 0 bridgehead atoms. The second kappa shape index (κ2) is 16.9. The normalized spacial score (nSPS) is 28.4. The first-order valence-corrected chi connectivity index (χ1v) is 16.4. The summed E-state index contributed by atoms with van der Waals surface area (Å²) in [6, 6.07) is 16.4. The Labute approximate surface area is 283 Å². The van der Waals surface area contributed by atoms with Gasteiger partial charge in [0.2, 0.25) is 0 Å². The number of azide groups is 3. The van der Waals surface area contributed by atoms with Crippen molar-refractivity contribution in [1.29, 1.82) is 0 Å². The van der Waals surface area contributed by atoms with Crippen LogP contribution in [0.25, 0.3) is 31.3 Å². The zero-order chi connectivity index (χ0) is 34.8. The molecular weight excluding hydrogens is 632 g/mol. The summed E-state index contributed by atoms with van der Waals surface area (Å²) in [4.78, 5) is 36.8. The Morgan fingerprint density at radius 1 is 0.857 bits per heavy atom. The molecule has 3 fully saturated rings. The molecule has 16 nitrogen and oxygen atoms in total. The van der Waals surface area contributed by atoms with Crippen LogP contribution in [0, 0.1) is 11.8 Å². The molecule has 49 heavy (non-hydrogen) atoms. The Morgan fingerprint density at radius 2 is 1.47 bits per heavy atom. The maximum atomic E-state index is 13.9. The van der Waals surface area contributed by atoms with Gasteiger partial charge in [-0.3, -0.25) is 9.69 Å². The van der Waals surface area contributed by atoms with E-state index in [1.807, 2.05) is 60.7 Å². The molecule has 1 unspecified atom stereocenters. The number of benzene rings is 2. The zero-order valence-electron chi connectivity index (χ0n) is 27.4. The molecule has 1 amide bonds. The Hall–Kier alpha value is -4.97.